The van der Waals surface area contributed by atoms with Crippen LogP contribution in [0.15, 0.2) is 24.3 Å². The summed E-state index contributed by atoms with van der Waals surface area (Å²) in [5.41, 5.74) is 0.688. The normalized spacial score (nSPS) is 15.8. The zero-order valence-corrected chi connectivity index (χ0v) is 14.5. The average molecular weight is 352 g/mol. The second-order valence-corrected chi connectivity index (χ2v) is 6.53. The molecule has 0 aromatic heterocycles. The fraction of sp³-hybridized carbons (Fsp3) is 0.471. The molecule has 0 unspecified atom stereocenters. The van der Waals surface area contributed by atoms with E-state index >= 15 is 0 Å². The summed E-state index contributed by atoms with van der Waals surface area (Å²) in [7, 11) is 0. The van der Waals surface area contributed by atoms with Crippen molar-refractivity contribution in [3.63, 3.8) is 0 Å². The molecule has 1 aliphatic heterocycles. The van der Waals surface area contributed by atoms with Crippen LogP contribution >= 0.6 is 11.6 Å². The third-order valence-corrected chi connectivity index (χ3v) is 4.25. The van der Waals surface area contributed by atoms with E-state index in [1.54, 1.807) is 34.1 Å². The highest BCUT2D eigenvalue weighted by Gasteiger charge is 2.22. The largest absolute Gasteiger partial charge is 0.342 e. The maximum atomic E-state index is 12.3. The number of halogens is 1. The molecule has 130 valence electrons. The van der Waals surface area contributed by atoms with E-state index in [4.69, 9.17) is 11.6 Å². The van der Waals surface area contributed by atoms with Gasteiger partial charge in [0.25, 0.3) is 0 Å². The zero-order valence-electron chi connectivity index (χ0n) is 13.7. The van der Waals surface area contributed by atoms with Crippen LogP contribution in [0.25, 0.3) is 0 Å². The number of hydrogen-bond acceptors (Lipinski definition) is 3. The van der Waals surface area contributed by atoms with Crippen LogP contribution < -0.4 is 5.32 Å². The van der Waals surface area contributed by atoms with E-state index < -0.39 is 0 Å². The van der Waals surface area contributed by atoms with E-state index in [-0.39, 0.29) is 24.2 Å². The highest BCUT2D eigenvalue weighted by atomic mass is 35.5. The van der Waals surface area contributed by atoms with E-state index in [0.717, 1.165) is 6.41 Å². The van der Waals surface area contributed by atoms with Gasteiger partial charge < -0.3 is 15.1 Å². The molecular weight excluding hydrogens is 330 g/mol. The molecule has 7 heteroatoms. The number of nitrogens with one attached hydrogen (secondary N) is 1. The van der Waals surface area contributed by atoms with Gasteiger partial charge in [-0.2, -0.15) is 0 Å². The van der Waals surface area contributed by atoms with Crippen molar-refractivity contribution in [3.8, 4) is 0 Å². The molecule has 0 saturated carbocycles. The Bertz CT molecular complexity index is 583. The number of carbonyl (C=O) groups is 3. The summed E-state index contributed by atoms with van der Waals surface area (Å²) in [4.78, 5) is 38.4. The van der Waals surface area contributed by atoms with Gasteiger partial charge in [-0.25, -0.2) is 0 Å². The van der Waals surface area contributed by atoms with Crippen LogP contribution in [0.5, 0.6) is 0 Å². The molecule has 0 aliphatic carbocycles. The first-order chi connectivity index (χ1) is 11.5. The molecule has 24 heavy (non-hydrogen) atoms. The molecule has 1 heterocycles. The topological polar surface area (TPSA) is 69.7 Å². The first-order valence-electron chi connectivity index (χ1n) is 8.00. The van der Waals surface area contributed by atoms with Gasteiger partial charge in [0.1, 0.15) is 0 Å². The van der Waals surface area contributed by atoms with Crippen LogP contribution in [0.3, 0.4) is 0 Å². The van der Waals surface area contributed by atoms with Crippen molar-refractivity contribution in [2.45, 2.75) is 19.8 Å². The van der Waals surface area contributed by atoms with Crippen molar-refractivity contribution in [1.29, 1.82) is 0 Å². The van der Waals surface area contributed by atoms with E-state index in [1.807, 2.05) is 6.92 Å². The van der Waals surface area contributed by atoms with Gasteiger partial charge in [0.05, 0.1) is 0 Å². The van der Waals surface area contributed by atoms with Gasteiger partial charge in [-0.05, 0) is 30.2 Å². The van der Waals surface area contributed by atoms with Crippen LogP contribution in [0.4, 0.5) is 5.69 Å². The van der Waals surface area contributed by atoms with Crippen molar-refractivity contribution in [1.82, 2.24) is 9.80 Å². The molecule has 0 bridgehead atoms. The molecule has 1 saturated heterocycles. The second-order valence-electron chi connectivity index (χ2n) is 6.09. The van der Waals surface area contributed by atoms with Gasteiger partial charge in [0.2, 0.25) is 18.2 Å². The Morgan fingerprint density at radius 3 is 2.38 bits per heavy atom. The molecule has 3 amide bonds. The molecule has 1 N–H and O–H groups in total. The summed E-state index contributed by atoms with van der Waals surface area (Å²) in [5, 5.41) is 3.41. The van der Waals surface area contributed by atoms with Crippen LogP contribution in [-0.4, -0.2) is 54.2 Å². The minimum absolute atomic E-state index is 0.0346. The molecule has 2 rings (SSSR count). The number of amides is 3. The maximum absolute atomic E-state index is 12.3. The van der Waals surface area contributed by atoms with E-state index in [1.165, 1.54) is 0 Å². The third kappa shape index (κ3) is 5.53. The number of piperazine rings is 1. The summed E-state index contributed by atoms with van der Waals surface area (Å²) < 4.78 is 0. The van der Waals surface area contributed by atoms with Gasteiger partial charge in [-0.1, -0.05) is 18.5 Å². The van der Waals surface area contributed by atoms with E-state index in [9.17, 15) is 14.4 Å². The number of carbonyl (C=O) groups excluding carboxylic acids is 3. The van der Waals surface area contributed by atoms with Crippen LogP contribution in [0, 0.1) is 5.92 Å². The summed E-state index contributed by atoms with van der Waals surface area (Å²) in [6.07, 6.45) is 1.42. The summed E-state index contributed by atoms with van der Waals surface area (Å²) in [6, 6.07) is 6.90. The lowest BCUT2D eigenvalue weighted by atomic mass is 10.0. The van der Waals surface area contributed by atoms with Crippen LogP contribution in [0.1, 0.15) is 19.8 Å². The smallest absolute Gasteiger partial charge is 0.224 e. The zero-order chi connectivity index (χ0) is 17.5. The predicted octanol–water partition coefficient (Wildman–Crippen LogP) is 2.00. The van der Waals surface area contributed by atoms with Crippen molar-refractivity contribution < 1.29 is 14.4 Å². The third-order valence-electron chi connectivity index (χ3n) is 4.00. The quantitative estimate of drug-likeness (QED) is 0.797. The highest BCUT2D eigenvalue weighted by molar-refractivity contribution is 6.30. The number of hydrogen-bond donors (Lipinski definition) is 1. The molecular formula is C17H22ClN3O3. The molecule has 1 aromatic carbocycles. The summed E-state index contributed by atoms with van der Waals surface area (Å²) >= 11 is 5.80. The molecule has 1 aliphatic rings. The summed E-state index contributed by atoms with van der Waals surface area (Å²) in [6.45, 7) is 4.14. The van der Waals surface area contributed by atoms with Crippen molar-refractivity contribution in [2.75, 3.05) is 31.5 Å². The minimum atomic E-state index is -0.122. The van der Waals surface area contributed by atoms with Crippen LogP contribution in [-0.2, 0) is 14.4 Å². The monoisotopic (exact) mass is 351 g/mol. The Labute approximate surface area is 146 Å². The Hall–Kier alpha value is -2.08. The SMILES string of the molecule is C[C@H](CC(=O)Nc1ccc(Cl)cc1)CC(=O)N1CCN(C=O)CC1. The number of nitrogens with zero attached hydrogens (tertiary/aromatic N) is 2. The minimum Gasteiger partial charge on any atom is -0.342 e. The van der Waals surface area contributed by atoms with Crippen LogP contribution in [0.2, 0.25) is 5.02 Å². The van der Waals surface area contributed by atoms with Crippen molar-refractivity contribution in [2.24, 2.45) is 5.92 Å². The van der Waals surface area contributed by atoms with Crippen molar-refractivity contribution in [3.05, 3.63) is 29.3 Å². The average Bonchev–Trinajstić information content (AvgIpc) is 2.56. The lowest BCUT2D eigenvalue weighted by molar-refractivity contribution is -0.136. The lowest BCUT2D eigenvalue weighted by Crippen LogP contribution is -2.48. The predicted molar refractivity (Wildman–Crippen MR) is 92.7 cm³/mol. The fourth-order valence-electron chi connectivity index (χ4n) is 2.64. The number of anilines is 1. The first kappa shape index (κ1) is 18.3. The molecule has 0 spiro atoms. The number of rotatable bonds is 6. The van der Waals surface area contributed by atoms with E-state index in [2.05, 4.69) is 5.32 Å². The second kappa shape index (κ2) is 8.68. The van der Waals surface area contributed by atoms with Gasteiger partial charge >= 0.3 is 0 Å². The fourth-order valence-corrected chi connectivity index (χ4v) is 2.76. The molecule has 6 nitrogen and oxygen atoms in total. The number of benzene rings is 1. The Balaban J connectivity index is 1.74. The maximum Gasteiger partial charge on any atom is 0.224 e. The van der Waals surface area contributed by atoms with Gasteiger partial charge in [0.15, 0.2) is 0 Å². The van der Waals surface area contributed by atoms with Gasteiger partial charge in [-0.3, -0.25) is 14.4 Å². The Morgan fingerprint density at radius 1 is 1.17 bits per heavy atom. The highest BCUT2D eigenvalue weighted by Crippen LogP contribution is 2.16. The Kier molecular flexibility index (Phi) is 6.61. The molecule has 1 atom stereocenters. The lowest BCUT2D eigenvalue weighted by Gasteiger charge is -2.33. The molecule has 0 radical (unpaired) electrons. The standard InChI is InChI=1S/C17H22ClN3O3/c1-13(10-16(23)19-15-4-2-14(18)3-5-15)11-17(24)21-8-6-20(12-22)7-9-21/h2-5,12-13H,6-11H2,1H3,(H,19,23)/t13-/m1/s1. The van der Waals surface area contributed by atoms with Crippen molar-refractivity contribution >= 4 is 35.5 Å². The molecule has 1 fully saturated rings. The van der Waals surface area contributed by atoms with E-state index in [0.29, 0.717) is 43.3 Å². The Morgan fingerprint density at radius 2 is 1.79 bits per heavy atom. The molecule has 1 aromatic rings. The van der Waals surface area contributed by atoms with Gasteiger partial charge in [-0.15, -0.1) is 0 Å². The van der Waals surface area contributed by atoms with Gasteiger partial charge in [0, 0.05) is 49.7 Å². The first-order valence-corrected chi connectivity index (χ1v) is 8.38. The summed E-state index contributed by atoms with van der Waals surface area (Å²) in [5.74, 6) is -0.135.